The molecule has 4 aromatic heterocycles. The Bertz CT molecular complexity index is 4640. The lowest BCUT2D eigenvalue weighted by Gasteiger charge is -2.46. The van der Waals surface area contributed by atoms with E-state index in [2.05, 4.69) is 69.4 Å². The number of aromatic nitrogens is 6. The zero-order chi connectivity index (χ0) is 69.2. The van der Waals surface area contributed by atoms with Crippen molar-refractivity contribution in [2.24, 2.45) is 0 Å². The van der Waals surface area contributed by atoms with Crippen molar-refractivity contribution in [1.29, 1.82) is 0 Å². The summed E-state index contributed by atoms with van der Waals surface area (Å²) in [7, 11) is 1.43. The van der Waals surface area contributed by atoms with Crippen LogP contribution in [0.1, 0.15) is 158 Å². The van der Waals surface area contributed by atoms with Crippen molar-refractivity contribution in [3.05, 3.63) is 141 Å². The van der Waals surface area contributed by atoms with Gasteiger partial charge in [-0.15, -0.1) is 22.7 Å². The number of rotatable bonds is 16. The molecule has 98 heavy (non-hydrogen) atoms. The number of carbonyl (C=O) groups is 3. The molecule has 17 nitrogen and oxygen atoms in total. The van der Waals surface area contributed by atoms with E-state index in [9.17, 15) is 24.6 Å². The summed E-state index contributed by atoms with van der Waals surface area (Å²) in [6, 6.07) is 33.3. The van der Waals surface area contributed by atoms with Gasteiger partial charge in [0, 0.05) is 104 Å². The molecule has 0 bridgehead atoms. The van der Waals surface area contributed by atoms with E-state index in [0.29, 0.717) is 39.0 Å². The van der Waals surface area contributed by atoms with Gasteiger partial charge in [-0.3, -0.25) is 14.3 Å². The monoisotopic (exact) mass is 1400 g/mol. The molecule has 514 valence electrons. The maximum atomic E-state index is 12.8. The molecular weight excluding hydrogens is 1310 g/mol. The molecule has 1 saturated carbocycles. The number of benzene rings is 6. The molecule has 3 saturated heterocycles. The number of likely N-dealkylation sites (tertiary alicyclic amines) is 3. The Kier molecular flexibility index (Phi) is 19.8. The topological polar surface area (TPSA) is 190 Å². The van der Waals surface area contributed by atoms with Gasteiger partial charge in [0.1, 0.15) is 10.0 Å². The van der Waals surface area contributed by atoms with E-state index in [1.807, 2.05) is 116 Å². The van der Waals surface area contributed by atoms with Gasteiger partial charge in [-0.05, 0) is 229 Å². The molecule has 4 fully saturated rings. The van der Waals surface area contributed by atoms with Crippen LogP contribution in [0.15, 0.2) is 97.1 Å². The van der Waals surface area contributed by atoms with Crippen LogP contribution in [0.5, 0.6) is 0 Å². The van der Waals surface area contributed by atoms with E-state index >= 15 is 0 Å². The molecule has 6 aromatic carbocycles. The summed E-state index contributed by atoms with van der Waals surface area (Å²) in [4.78, 5) is 54.6. The normalized spacial score (nSPS) is 17.1. The van der Waals surface area contributed by atoms with Gasteiger partial charge in [0.2, 0.25) is 0 Å². The average molecular weight is 1400 g/mol. The Balaban J connectivity index is 0.000000177. The first-order valence-electron chi connectivity index (χ1n) is 34.4. The summed E-state index contributed by atoms with van der Waals surface area (Å²) in [6.45, 7) is 26.7. The first kappa shape index (κ1) is 69.2. The summed E-state index contributed by atoms with van der Waals surface area (Å²) >= 11 is 15.7. The fourth-order valence-electron chi connectivity index (χ4n) is 14.9. The molecular formula is C77H87Cl2N9O8S2. The molecule has 0 radical (unpaired) electrons. The number of piperidine rings is 2. The maximum absolute atomic E-state index is 12.8. The maximum Gasteiger partial charge on any atom is 0.409 e. The number of carboxylic acid groups (broad SMARTS) is 2. The van der Waals surface area contributed by atoms with E-state index in [-0.39, 0.29) is 6.09 Å². The lowest BCUT2D eigenvalue weighted by Crippen LogP contribution is -2.62. The van der Waals surface area contributed by atoms with Gasteiger partial charge in [-0.2, -0.15) is 10.2 Å². The molecule has 10 aromatic rings. The van der Waals surface area contributed by atoms with Crippen molar-refractivity contribution < 1.29 is 38.8 Å². The van der Waals surface area contributed by atoms with Crippen LogP contribution in [-0.4, -0.2) is 142 Å². The van der Waals surface area contributed by atoms with Crippen LogP contribution in [0, 0.1) is 13.8 Å². The third kappa shape index (κ3) is 14.0. The molecule has 21 heteroatoms. The number of hydrogen-bond donors (Lipinski definition) is 2. The first-order valence-corrected chi connectivity index (χ1v) is 36.8. The van der Waals surface area contributed by atoms with Gasteiger partial charge in [0.05, 0.1) is 61.2 Å². The lowest BCUT2D eigenvalue weighted by molar-refractivity contribution is -0.161. The molecule has 0 spiro atoms. The number of hydrogen-bond acceptors (Lipinski definition) is 14. The van der Waals surface area contributed by atoms with Crippen molar-refractivity contribution in [1.82, 2.24) is 44.2 Å². The molecule has 0 unspecified atom stereocenters. The highest BCUT2D eigenvalue weighted by Crippen LogP contribution is 2.48. The van der Waals surface area contributed by atoms with Crippen LogP contribution in [0.25, 0.3) is 85.6 Å². The minimum Gasteiger partial charge on any atom is -0.479 e. The number of carboxylic acids is 2. The quantitative estimate of drug-likeness (QED) is 0.0929. The number of carbonyl (C=O) groups excluding carboxylic acids is 1. The summed E-state index contributed by atoms with van der Waals surface area (Å²) < 4.78 is 23.3. The predicted molar refractivity (Wildman–Crippen MR) is 393 cm³/mol. The largest absolute Gasteiger partial charge is 0.479 e. The van der Waals surface area contributed by atoms with Crippen molar-refractivity contribution in [3.8, 4) is 43.4 Å². The number of nitrogens with zero attached hydrogens (tertiary/aromatic N) is 9. The van der Waals surface area contributed by atoms with E-state index in [1.54, 1.807) is 27.6 Å². The molecule has 14 rings (SSSR count). The summed E-state index contributed by atoms with van der Waals surface area (Å²) in [5.74, 6) is -1.28. The van der Waals surface area contributed by atoms with Gasteiger partial charge in [0.25, 0.3) is 0 Å². The predicted octanol–water partition coefficient (Wildman–Crippen LogP) is 18.2. The van der Waals surface area contributed by atoms with E-state index in [0.717, 1.165) is 181 Å². The number of aryl methyl sites for hydroxylation is 4. The number of aliphatic carboxylic acids is 2. The first-order chi connectivity index (χ1) is 46.8. The number of fused-ring (bicyclic) bond motifs is 4. The fourth-order valence-corrected chi connectivity index (χ4v) is 17.4. The highest BCUT2D eigenvalue weighted by molar-refractivity contribution is 7.22. The number of amides is 1. The Hall–Kier alpha value is -7.33. The lowest BCUT2D eigenvalue weighted by atomic mass is 9.86. The number of methoxy groups -OCH3 is 1. The summed E-state index contributed by atoms with van der Waals surface area (Å²) in [6.07, 6.45) is 5.80. The minimum absolute atomic E-state index is 0.252. The Morgan fingerprint density at radius 1 is 0.561 bits per heavy atom. The number of thiazole rings is 2. The zero-order valence-corrected chi connectivity index (χ0v) is 60.9. The minimum atomic E-state index is -1.17. The summed E-state index contributed by atoms with van der Waals surface area (Å²) in [5, 5.41) is 36.5. The molecule has 7 heterocycles. The molecule has 1 amide bonds. The zero-order valence-electron chi connectivity index (χ0n) is 57.7. The smallest absolute Gasteiger partial charge is 0.409 e. The van der Waals surface area contributed by atoms with Crippen LogP contribution < -0.4 is 0 Å². The van der Waals surface area contributed by atoms with Crippen LogP contribution in [0.2, 0.25) is 10.0 Å². The Morgan fingerprint density at radius 2 is 0.949 bits per heavy atom. The van der Waals surface area contributed by atoms with Crippen molar-refractivity contribution >= 4 is 106 Å². The van der Waals surface area contributed by atoms with Gasteiger partial charge in [-0.1, -0.05) is 53.9 Å². The highest BCUT2D eigenvalue weighted by Gasteiger charge is 2.39. The highest BCUT2D eigenvalue weighted by atomic mass is 35.5. The molecule has 2 N–H and O–H groups in total. The molecule has 3 aliphatic heterocycles. The van der Waals surface area contributed by atoms with Gasteiger partial charge in [-0.25, -0.2) is 24.4 Å². The van der Waals surface area contributed by atoms with E-state index in [4.69, 9.17) is 57.6 Å². The van der Waals surface area contributed by atoms with Gasteiger partial charge < -0.3 is 34.2 Å². The van der Waals surface area contributed by atoms with Gasteiger partial charge >= 0.3 is 18.0 Å². The second-order valence-corrected chi connectivity index (χ2v) is 31.6. The fraction of sp³-hybridized carbons (Fsp3) is 0.442. The van der Waals surface area contributed by atoms with Crippen molar-refractivity contribution in [2.45, 2.75) is 175 Å². The number of ether oxygens (including phenoxy) is 3. The van der Waals surface area contributed by atoms with Crippen LogP contribution in [0.3, 0.4) is 0 Å². The third-order valence-corrected chi connectivity index (χ3v) is 22.7. The second-order valence-electron chi connectivity index (χ2n) is 28.7. The van der Waals surface area contributed by atoms with Gasteiger partial charge in [0.15, 0.2) is 12.2 Å². The van der Waals surface area contributed by atoms with E-state index < -0.39 is 35.3 Å². The second kappa shape index (κ2) is 28.0. The van der Waals surface area contributed by atoms with Crippen LogP contribution >= 0.6 is 45.9 Å². The Labute approximate surface area is 590 Å². The number of halogens is 2. The molecule has 1 aliphatic carbocycles. The molecule has 4 aliphatic rings. The molecule has 2 atom stereocenters. The average Bonchev–Trinajstić information content (AvgIpc) is 1.51. The third-order valence-electron chi connectivity index (χ3n) is 19.9. The van der Waals surface area contributed by atoms with E-state index in [1.165, 1.54) is 37.5 Å². The van der Waals surface area contributed by atoms with Crippen molar-refractivity contribution in [2.75, 3.05) is 46.4 Å². The summed E-state index contributed by atoms with van der Waals surface area (Å²) in [5.41, 5.74) is 13.2. The van der Waals surface area contributed by atoms with Crippen molar-refractivity contribution in [3.63, 3.8) is 0 Å². The Morgan fingerprint density at radius 3 is 1.30 bits per heavy atom. The van der Waals surface area contributed by atoms with Crippen LogP contribution in [0.4, 0.5) is 4.79 Å². The standard InChI is InChI=1S/C39H44ClN5O5S.C38H43ClN4O3S/c1-7-45-30-13-10-25(19-28(30)33(42-45)24-14-16-43(17-15-24)27-20-44(21-27)38(48)49-6)36-41-29-18-22(2)31(34(37(46)47)50-39(3,4)5)32(35(29)51-36)23-8-11-26(40)12-9-23;1-6-43-30-15-12-25(21-28(30)33(41-43)24-16-18-42(19-17-24)27-8-7-9-27)36-40-29-20-22(2)31(34(37(44)45)46-38(3,4)5)32(35(29)47-36)23-10-13-26(39)14-11-23/h8-13,18-19,24,27,34H,7,14-17,20-21H2,1-6H3,(H,46,47);10-15,20-21,24,27,34H,6-9,16-19H2,1-5H3,(H,44,45)/t2*34-/m00/s1. The van der Waals surface area contributed by atoms with Crippen LogP contribution in [-0.2, 0) is 36.9 Å². The SMILES string of the molecule is CCn1nc(C2CCN(C3CCC3)CC2)c2cc(-c3nc4cc(C)c([C@H](OC(C)(C)C)C(=O)O)c(-c5ccc(Cl)cc5)c4s3)ccc21.CCn1nc(C2CCN(C3CN(C(=O)OC)C3)CC2)c2cc(-c3nc4cc(C)c([C@H](OC(C)(C)C)C(=O)O)c(-c5ccc(Cl)cc5)c4s3)ccc21.